The Hall–Kier alpha value is -1.16. The molecule has 4 rings (SSSR count). The number of ketones is 1. The van der Waals surface area contributed by atoms with Gasteiger partial charge in [0.15, 0.2) is 0 Å². The summed E-state index contributed by atoms with van der Waals surface area (Å²) >= 11 is 0. The number of aliphatic hydroxyl groups is 1. The number of carbonyl (C=O) groups excluding carboxylic acids is 2. The van der Waals surface area contributed by atoms with Gasteiger partial charge in [0.1, 0.15) is 5.78 Å². The van der Waals surface area contributed by atoms with E-state index in [2.05, 4.69) is 25.2 Å². The van der Waals surface area contributed by atoms with Crippen LogP contribution in [-0.4, -0.2) is 22.4 Å². The van der Waals surface area contributed by atoms with Gasteiger partial charge in [-0.05, 0) is 63.2 Å². The molecule has 4 heteroatoms. The zero-order valence-corrected chi connectivity index (χ0v) is 15.9. The highest BCUT2D eigenvalue weighted by Crippen LogP contribution is 2.67. The molecule has 138 valence electrons. The number of fused-ring (bicyclic) bond motifs is 5. The summed E-state index contributed by atoms with van der Waals surface area (Å²) in [6.45, 7) is 8.16. The molecule has 2 N–H and O–H groups in total. The van der Waals surface area contributed by atoms with Crippen molar-refractivity contribution in [1.29, 1.82) is 0 Å². The van der Waals surface area contributed by atoms with Crippen molar-refractivity contribution in [2.45, 2.75) is 71.8 Å². The van der Waals surface area contributed by atoms with Crippen molar-refractivity contribution < 1.29 is 14.7 Å². The summed E-state index contributed by atoms with van der Waals surface area (Å²) in [6, 6.07) is 0. The molecule has 0 aromatic rings. The van der Waals surface area contributed by atoms with Crippen LogP contribution in [0.15, 0.2) is 11.8 Å². The van der Waals surface area contributed by atoms with E-state index in [9.17, 15) is 14.7 Å². The molecule has 0 spiro atoms. The molecule has 2 saturated carbocycles. The standard InChI is InChI=1S/C21H31NO3/c1-12(23)14-6-7-15-13-5-8-16-19(2,10-9-17(24)22-16)18(13)21(4,25)11-20(14,15)3/h8,13-15,18,25H,5-7,9-11H2,1-4H3,(H,22,24)/t13?,14-,15?,18?,19+,20-,21?/m1/s1. The molecule has 4 unspecified atom stereocenters. The molecule has 1 heterocycles. The molecule has 3 aliphatic carbocycles. The summed E-state index contributed by atoms with van der Waals surface area (Å²) in [5, 5.41) is 14.7. The summed E-state index contributed by atoms with van der Waals surface area (Å²) in [7, 11) is 0. The first-order chi connectivity index (χ1) is 11.6. The highest BCUT2D eigenvalue weighted by molar-refractivity contribution is 5.80. The molecule has 7 atom stereocenters. The van der Waals surface area contributed by atoms with Crippen molar-refractivity contribution in [3.8, 4) is 0 Å². The van der Waals surface area contributed by atoms with Gasteiger partial charge in [-0.2, -0.15) is 0 Å². The van der Waals surface area contributed by atoms with E-state index in [0.29, 0.717) is 24.7 Å². The minimum Gasteiger partial charge on any atom is -0.390 e. The Morgan fingerprint density at radius 1 is 1.28 bits per heavy atom. The maximum absolute atomic E-state index is 12.3. The van der Waals surface area contributed by atoms with Crippen molar-refractivity contribution >= 4 is 11.7 Å². The van der Waals surface area contributed by atoms with E-state index < -0.39 is 5.60 Å². The minimum absolute atomic E-state index is 0.0779. The van der Waals surface area contributed by atoms with Crippen LogP contribution in [0.4, 0.5) is 0 Å². The number of rotatable bonds is 1. The lowest BCUT2D eigenvalue weighted by molar-refractivity contribution is -0.180. The van der Waals surface area contributed by atoms with E-state index in [0.717, 1.165) is 31.4 Å². The molecule has 1 aliphatic heterocycles. The fourth-order valence-electron chi connectivity index (χ4n) is 7.65. The van der Waals surface area contributed by atoms with Gasteiger partial charge in [-0.25, -0.2) is 0 Å². The highest BCUT2D eigenvalue weighted by Gasteiger charge is 2.65. The fourth-order valence-corrected chi connectivity index (χ4v) is 7.65. The lowest BCUT2D eigenvalue weighted by Gasteiger charge is -2.62. The van der Waals surface area contributed by atoms with Gasteiger partial charge in [0.05, 0.1) is 5.60 Å². The second kappa shape index (κ2) is 5.18. The quantitative estimate of drug-likeness (QED) is 0.767. The Bertz CT molecular complexity index is 666. The maximum atomic E-state index is 12.3. The predicted molar refractivity (Wildman–Crippen MR) is 95.4 cm³/mol. The maximum Gasteiger partial charge on any atom is 0.224 e. The number of hydrogen-bond acceptors (Lipinski definition) is 3. The zero-order chi connectivity index (χ0) is 18.2. The Morgan fingerprint density at radius 2 is 2.00 bits per heavy atom. The number of carbonyl (C=O) groups is 2. The third-order valence-electron chi connectivity index (χ3n) is 8.30. The summed E-state index contributed by atoms with van der Waals surface area (Å²) in [6.07, 6.45) is 7.18. The van der Waals surface area contributed by atoms with Crippen molar-refractivity contribution in [2.24, 2.45) is 34.5 Å². The second-order valence-corrected chi connectivity index (χ2v) is 9.85. The van der Waals surface area contributed by atoms with Crippen molar-refractivity contribution in [3.63, 3.8) is 0 Å². The van der Waals surface area contributed by atoms with Crippen LogP contribution in [0.2, 0.25) is 0 Å². The van der Waals surface area contributed by atoms with Crippen LogP contribution in [0.3, 0.4) is 0 Å². The van der Waals surface area contributed by atoms with Gasteiger partial charge >= 0.3 is 0 Å². The SMILES string of the molecule is CC(=O)[C@H]1CCC2C3CC=C4NC(=O)CC[C@]4(C)C3C(C)(O)C[C@@]21C. The highest BCUT2D eigenvalue weighted by atomic mass is 16.3. The van der Waals surface area contributed by atoms with Crippen LogP contribution in [-0.2, 0) is 9.59 Å². The van der Waals surface area contributed by atoms with Crippen LogP contribution in [0, 0.1) is 34.5 Å². The second-order valence-electron chi connectivity index (χ2n) is 9.85. The number of nitrogens with one attached hydrogen (secondary N) is 1. The van der Waals surface area contributed by atoms with E-state index in [-0.39, 0.29) is 34.4 Å². The molecule has 3 fully saturated rings. The first-order valence-corrected chi connectivity index (χ1v) is 9.83. The Labute approximate surface area is 150 Å². The number of hydrogen-bond donors (Lipinski definition) is 2. The predicted octanol–water partition coefficient (Wildman–Crippen LogP) is 3.20. The van der Waals surface area contributed by atoms with E-state index in [1.54, 1.807) is 6.92 Å². The Balaban J connectivity index is 1.78. The molecule has 4 nitrogen and oxygen atoms in total. The number of amides is 1. The van der Waals surface area contributed by atoms with Gasteiger partial charge in [0, 0.05) is 29.4 Å². The molecule has 0 aromatic heterocycles. The number of allylic oxidation sites excluding steroid dienone is 2. The van der Waals surface area contributed by atoms with E-state index in [1.165, 1.54) is 0 Å². The largest absolute Gasteiger partial charge is 0.390 e. The van der Waals surface area contributed by atoms with Crippen LogP contribution >= 0.6 is 0 Å². The first-order valence-electron chi connectivity index (χ1n) is 9.83. The average Bonchev–Trinajstić information content (AvgIpc) is 2.83. The topological polar surface area (TPSA) is 66.4 Å². The summed E-state index contributed by atoms with van der Waals surface area (Å²) in [4.78, 5) is 24.1. The molecule has 25 heavy (non-hydrogen) atoms. The molecule has 1 amide bonds. The first kappa shape index (κ1) is 17.3. The van der Waals surface area contributed by atoms with Crippen molar-refractivity contribution in [1.82, 2.24) is 5.32 Å². The molecule has 0 aromatic carbocycles. The van der Waals surface area contributed by atoms with Gasteiger partial charge in [0.25, 0.3) is 0 Å². The third-order valence-corrected chi connectivity index (χ3v) is 8.30. The van der Waals surface area contributed by atoms with Crippen LogP contribution in [0.25, 0.3) is 0 Å². The van der Waals surface area contributed by atoms with Gasteiger partial charge in [0.2, 0.25) is 5.91 Å². The zero-order valence-electron chi connectivity index (χ0n) is 15.9. The van der Waals surface area contributed by atoms with Gasteiger partial charge in [-0.3, -0.25) is 9.59 Å². The van der Waals surface area contributed by atoms with Crippen molar-refractivity contribution in [2.75, 3.05) is 0 Å². The minimum atomic E-state index is -0.815. The monoisotopic (exact) mass is 345 g/mol. The van der Waals surface area contributed by atoms with Crippen LogP contribution in [0.5, 0.6) is 0 Å². The summed E-state index contributed by atoms with van der Waals surface area (Å²) in [5.41, 5.74) is -0.0638. The Morgan fingerprint density at radius 3 is 2.68 bits per heavy atom. The molecule has 0 bridgehead atoms. The van der Waals surface area contributed by atoms with E-state index in [1.807, 2.05) is 6.92 Å². The molecule has 4 aliphatic rings. The van der Waals surface area contributed by atoms with Gasteiger partial charge in [-0.15, -0.1) is 0 Å². The average molecular weight is 345 g/mol. The van der Waals surface area contributed by atoms with Crippen LogP contribution < -0.4 is 5.32 Å². The molecular formula is C21H31NO3. The number of Topliss-reactive ketones (excluding diaryl/α,β-unsaturated/α-hetero) is 1. The molecular weight excluding hydrogens is 314 g/mol. The van der Waals surface area contributed by atoms with Gasteiger partial charge in [-0.1, -0.05) is 19.9 Å². The third kappa shape index (κ3) is 2.22. The Kier molecular flexibility index (Phi) is 3.58. The molecule has 1 saturated heterocycles. The normalized spacial score (nSPS) is 51.7. The molecule has 0 radical (unpaired) electrons. The smallest absolute Gasteiger partial charge is 0.224 e. The van der Waals surface area contributed by atoms with Gasteiger partial charge < -0.3 is 10.4 Å². The van der Waals surface area contributed by atoms with E-state index >= 15 is 0 Å². The van der Waals surface area contributed by atoms with E-state index in [4.69, 9.17) is 0 Å². The summed E-state index contributed by atoms with van der Waals surface area (Å²) < 4.78 is 0. The number of piperidine rings is 1. The lowest BCUT2D eigenvalue weighted by Crippen LogP contribution is -2.63. The van der Waals surface area contributed by atoms with Crippen LogP contribution in [0.1, 0.15) is 66.2 Å². The lowest BCUT2D eigenvalue weighted by atomic mass is 9.44. The fraction of sp³-hybridized carbons (Fsp3) is 0.810. The summed E-state index contributed by atoms with van der Waals surface area (Å²) in [5.74, 6) is 1.47. The van der Waals surface area contributed by atoms with Crippen molar-refractivity contribution in [3.05, 3.63) is 11.8 Å².